The van der Waals surface area contributed by atoms with Crippen molar-refractivity contribution in [3.63, 3.8) is 0 Å². The molecule has 2 aromatic rings. The van der Waals surface area contributed by atoms with Crippen LogP contribution in [0.3, 0.4) is 0 Å². The van der Waals surface area contributed by atoms with E-state index in [1.54, 1.807) is 0 Å². The molecular formula is C15H13N3O3S2. The maximum atomic E-state index is 12.1. The Hall–Kier alpha value is -2.19. The van der Waals surface area contributed by atoms with Crippen LogP contribution in [-0.2, 0) is 4.79 Å². The van der Waals surface area contributed by atoms with E-state index in [0.717, 1.165) is 27.2 Å². The zero-order chi connectivity index (χ0) is 16.2. The topological polar surface area (TPSA) is 79.4 Å². The molecule has 1 aromatic carbocycles. The lowest BCUT2D eigenvalue weighted by Gasteiger charge is -2.12. The zero-order valence-electron chi connectivity index (χ0n) is 12.0. The van der Waals surface area contributed by atoms with Gasteiger partial charge in [0.1, 0.15) is 9.88 Å². The van der Waals surface area contributed by atoms with Crippen LogP contribution in [0.1, 0.15) is 9.67 Å². The van der Waals surface area contributed by atoms with Gasteiger partial charge in [0, 0.05) is 18.7 Å². The smallest absolute Gasteiger partial charge is 0.288 e. The predicted octanol–water partition coefficient (Wildman–Crippen LogP) is 2.24. The molecule has 0 unspecified atom stereocenters. The Morgan fingerprint density at radius 3 is 2.74 bits per heavy atom. The minimum Gasteiger partial charge on any atom is -0.349 e. The van der Waals surface area contributed by atoms with Crippen LogP contribution in [0.2, 0.25) is 0 Å². The molecule has 0 radical (unpaired) electrons. The van der Waals surface area contributed by atoms with Gasteiger partial charge in [0.25, 0.3) is 11.1 Å². The van der Waals surface area contributed by atoms with E-state index in [0.29, 0.717) is 4.88 Å². The molecule has 3 amide bonds. The SMILES string of the molecule is O=C(NCCN1C(=O)CSC1=O)c1cnc(-c2ccccc2)s1. The fourth-order valence-electron chi connectivity index (χ4n) is 2.06. The van der Waals surface area contributed by atoms with Crippen LogP contribution in [0.15, 0.2) is 36.5 Å². The largest absolute Gasteiger partial charge is 0.349 e. The van der Waals surface area contributed by atoms with E-state index in [1.807, 2.05) is 30.3 Å². The van der Waals surface area contributed by atoms with Crippen molar-refractivity contribution in [2.45, 2.75) is 0 Å². The summed E-state index contributed by atoms with van der Waals surface area (Å²) in [6.07, 6.45) is 1.53. The van der Waals surface area contributed by atoms with Crippen molar-refractivity contribution in [3.8, 4) is 10.6 Å². The number of rotatable bonds is 5. The minimum atomic E-state index is -0.256. The lowest BCUT2D eigenvalue weighted by Crippen LogP contribution is -2.37. The van der Waals surface area contributed by atoms with Gasteiger partial charge in [-0.15, -0.1) is 11.3 Å². The third kappa shape index (κ3) is 3.59. The molecule has 2 heterocycles. The second-order valence-electron chi connectivity index (χ2n) is 4.75. The number of thioether (sulfide) groups is 1. The highest BCUT2D eigenvalue weighted by Crippen LogP contribution is 2.24. The third-order valence-electron chi connectivity index (χ3n) is 3.21. The van der Waals surface area contributed by atoms with Crippen molar-refractivity contribution in [3.05, 3.63) is 41.4 Å². The van der Waals surface area contributed by atoms with Crippen molar-refractivity contribution in [2.24, 2.45) is 0 Å². The number of aromatic nitrogens is 1. The van der Waals surface area contributed by atoms with Crippen molar-refractivity contribution in [2.75, 3.05) is 18.8 Å². The molecule has 8 heteroatoms. The summed E-state index contributed by atoms with van der Waals surface area (Å²) in [6.45, 7) is 0.427. The zero-order valence-corrected chi connectivity index (χ0v) is 13.7. The van der Waals surface area contributed by atoms with E-state index >= 15 is 0 Å². The Balaban J connectivity index is 1.56. The van der Waals surface area contributed by atoms with E-state index in [-0.39, 0.29) is 35.9 Å². The average Bonchev–Trinajstić information content (AvgIpc) is 3.18. The number of nitrogens with one attached hydrogen (secondary N) is 1. The maximum absolute atomic E-state index is 12.1. The van der Waals surface area contributed by atoms with Gasteiger partial charge in [-0.25, -0.2) is 4.98 Å². The lowest BCUT2D eigenvalue weighted by molar-refractivity contribution is -0.124. The highest BCUT2D eigenvalue weighted by Gasteiger charge is 2.29. The van der Waals surface area contributed by atoms with Gasteiger partial charge < -0.3 is 5.32 Å². The van der Waals surface area contributed by atoms with Crippen molar-refractivity contribution >= 4 is 40.2 Å². The van der Waals surface area contributed by atoms with Gasteiger partial charge in [-0.05, 0) is 0 Å². The van der Waals surface area contributed by atoms with E-state index in [4.69, 9.17) is 0 Å². The van der Waals surface area contributed by atoms with Gasteiger partial charge in [0.05, 0.1) is 11.9 Å². The standard InChI is InChI=1S/C15H13N3O3S2/c19-12-9-22-15(21)18(12)7-6-16-13(20)11-8-17-14(23-11)10-4-2-1-3-5-10/h1-5,8H,6-7,9H2,(H,16,20). The molecule has 1 aliphatic heterocycles. The van der Waals surface area contributed by atoms with Crippen LogP contribution in [0.5, 0.6) is 0 Å². The van der Waals surface area contributed by atoms with Crippen molar-refractivity contribution in [1.82, 2.24) is 15.2 Å². The van der Waals surface area contributed by atoms with Gasteiger partial charge in [0.2, 0.25) is 5.91 Å². The first-order valence-electron chi connectivity index (χ1n) is 6.92. The van der Waals surface area contributed by atoms with Gasteiger partial charge >= 0.3 is 0 Å². The molecule has 118 valence electrons. The molecule has 1 aliphatic rings. The molecule has 0 saturated carbocycles. The van der Waals surface area contributed by atoms with E-state index in [2.05, 4.69) is 10.3 Å². The Morgan fingerprint density at radius 1 is 1.26 bits per heavy atom. The molecule has 1 fully saturated rings. The number of carbonyl (C=O) groups is 3. The highest BCUT2D eigenvalue weighted by atomic mass is 32.2. The summed E-state index contributed by atoms with van der Waals surface area (Å²) >= 11 is 2.29. The number of amides is 3. The highest BCUT2D eigenvalue weighted by molar-refractivity contribution is 8.14. The maximum Gasteiger partial charge on any atom is 0.288 e. The number of hydrogen-bond acceptors (Lipinski definition) is 6. The fourth-order valence-corrected chi connectivity index (χ4v) is 3.65. The summed E-state index contributed by atoms with van der Waals surface area (Å²) in [6, 6.07) is 9.62. The van der Waals surface area contributed by atoms with Crippen molar-refractivity contribution in [1.29, 1.82) is 0 Å². The monoisotopic (exact) mass is 347 g/mol. The minimum absolute atomic E-state index is 0.183. The Labute approximate surface area is 140 Å². The first-order chi connectivity index (χ1) is 11.1. The van der Waals surface area contributed by atoms with Gasteiger partial charge in [-0.2, -0.15) is 0 Å². The molecule has 1 saturated heterocycles. The molecule has 0 spiro atoms. The molecular weight excluding hydrogens is 334 g/mol. The number of imide groups is 1. The second-order valence-corrected chi connectivity index (χ2v) is 6.71. The summed E-state index contributed by atoms with van der Waals surface area (Å²) in [5, 5.41) is 3.23. The van der Waals surface area contributed by atoms with Crippen molar-refractivity contribution < 1.29 is 14.4 Å². The second kappa shape index (κ2) is 6.93. The van der Waals surface area contributed by atoms with Crippen LogP contribution in [0.25, 0.3) is 10.6 Å². The van der Waals surface area contributed by atoms with Crippen LogP contribution in [0.4, 0.5) is 4.79 Å². The summed E-state index contributed by atoms with van der Waals surface area (Å²) < 4.78 is 0. The molecule has 1 aromatic heterocycles. The molecule has 3 rings (SSSR count). The average molecular weight is 347 g/mol. The first kappa shape index (κ1) is 15.7. The Bertz CT molecular complexity index is 729. The van der Waals surface area contributed by atoms with Gasteiger partial charge in [-0.3, -0.25) is 19.3 Å². The summed E-state index contributed by atoms with van der Waals surface area (Å²) in [4.78, 5) is 40.9. The summed E-state index contributed by atoms with van der Waals surface area (Å²) in [5.41, 5.74) is 0.960. The fraction of sp³-hybridized carbons (Fsp3) is 0.200. The van der Waals surface area contributed by atoms with Crippen LogP contribution >= 0.6 is 23.1 Å². The number of hydrogen-bond donors (Lipinski definition) is 1. The number of nitrogens with zero attached hydrogens (tertiary/aromatic N) is 2. The number of thiazole rings is 1. The van der Waals surface area contributed by atoms with Crippen LogP contribution in [0, 0.1) is 0 Å². The summed E-state index contributed by atoms with van der Waals surface area (Å²) in [7, 11) is 0. The predicted molar refractivity (Wildman–Crippen MR) is 89.5 cm³/mol. The quantitative estimate of drug-likeness (QED) is 0.897. The van der Waals surface area contributed by atoms with E-state index in [1.165, 1.54) is 17.5 Å². The van der Waals surface area contributed by atoms with Gasteiger partial charge in [-0.1, -0.05) is 42.1 Å². The molecule has 0 bridgehead atoms. The number of carbonyl (C=O) groups excluding carboxylic acids is 3. The molecule has 0 atom stereocenters. The van der Waals surface area contributed by atoms with Gasteiger partial charge in [0.15, 0.2) is 0 Å². The summed E-state index contributed by atoms with van der Waals surface area (Å²) in [5.74, 6) is -0.281. The van der Waals surface area contributed by atoms with Crippen LogP contribution in [-0.4, -0.2) is 45.8 Å². The Kier molecular flexibility index (Phi) is 4.73. The van der Waals surface area contributed by atoms with E-state index in [9.17, 15) is 14.4 Å². The molecule has 1 N–H and O–H groups in total. The molecule has 23 heavy (non-hydrogen) atoms. The molecule has 6 nitrogen and oxygen atoms in total. The molecule has 0 aliphatic carbocycles. The normalized spacial score (nSPS) is 14.3. The first-order valence-corrected chi connectivity index (χ1v) is 8.72. The Morgan fingerprint density at radius 2 is 2.04 bits per heavy atom. The number of benzene rings is 1. The third-order valence-corrected chi connectivity index (χ3v) is 5.12. The van der Waals surface area contributed by atoms with Crippen LogP contribution < -0.4 is 5.32 Å². The van der Waals surface area contributed by atoms with E-state index < -0.39 is 0 Å². The lowest BCUT2D eigenvalue weighted by atomic mass is 10.2.